The number of rotatable bonds is 3. The standard InChI is InChI=1S/C16H20N2/c1-16(2)9-13(16)15(17-3)12-8-11-6-4-5-7-14(11)18-10-12/h4-8,10,13,15,17H,9H2,1-3H3. The van der Waals surface area contributed by atoms with Gasteiger partial charge in [0.1, 0.15) is 0 Å². The van der Waals surface area contributed by atoms with Gasteiger partial charge in [0.25, 0.3) is 0 Å². The molecule has 0 aliphatic heterocycles. The van der Waals surface area contributed by atoms with Crippen molar-refractivity contribution in [2.45, 2.75) is 26.3 Å². The molecule has 2 atom stereocenters. The highest BCUT2D eigenvalue weighted by Crippen LogP contribution is 2.57. The van der Waals surface area contributed by atoms with Gasteiger partial charge in [-0.15, -0.1) is 0 Å². The molecule has 1 aliphatic rings. The van der Waals surface area contributed by atoms with Gasteiger partial charge in [-0.25, -0.2) is 0 Å². The van der Waals surface area contributed by atoms with E-state index in [1.54, 1.807) is 0 Å². The molecule has 2 unspecified atom stereocenters. The second-order valence-electron chi connectivity index (χ2n) is 6.03. The SMILES string of the molecule is CNC(c1cnc2ccccc2c1)C1CC1(C)C. The first-order valence-corrected chi connectivity index (χ1v) is 6.64. The molecule has 1 aromatic heterocycles. The van der Waals surface area contributed by atoms with Crippen molar-refractivity contribution in [2.75, 3.05) is 7.05 Å². The Kier molecular flexibility index (Phi) is 2.63. The number of pyridine rings is 1. The fraction of sp³-hybridized carbons (Fsp3) is 0.438. The van der Waals surface area contributed by atoms with Gasteiger partial charge in [-0.1, -0.05) is 32.0 Å². The lowest BCUT2D eigenvalue weighted by molar-refractivity contribution is 0.440. The van der Waals surface area contributed by atoms with E-state index in [1.807, 2.05) is 19.3 Å². The van der Waals surface area contributed by atoms with E-state index in [0.717, 1.165) is 11.4 Å². The summed E-state index contributed by atoms with van der Waals surface area (Å²) in [6.07, 6.45) is 3.32. The topological polar surface area (TPSA) is 24.9 Å². The highest BCUT2D eigenvalue weighted by Gasteiger charge is 2.50. The van der Waals surface area contributed by atoms with Crippen molar-refractivity contribution in [3.63, 3.8) is 0 Å². The summed E-state index contributed by atoms with van der Waals surface area (Å²) in [6.45, 7) is 4.69. The van der Waals surface area contributed by atoms with Crippen LogP contribution in [0, 0.1) is 11.3 Å². The van der Waals surface area contributed by atoms with E-state index in [9.17, 15) is 0 Å². The number of fused-ring (bicyclic) bond motifs is 1. The van der Waals surface area contributed by atoms with Gasteiger partial charge in [0.05, 0.1) is 5.52 Å². The molecule has 3 rings (SSSR count). The molecule has 1 saturated carbocycles. The smallest absolute Gasteiger partial charge is 0.0702 e. The van der Waals surface area contributed by atoms with Crippen LogP contribution in [0.25, 0.3) is 10.9 Å². The van der Waals surface area contributed by atoms with E-state index in [0.29, 0.717) is 11.5 Å². The predicted octanol–water partition coefficient (Wildman–Crippen LogP) is 3.54. The Morgan fingerprint density at radius 3 is 2.72 bits per heavy atom. The molecule has 0 spiro atoms. The molecule has 0 bridgehead atoms. The lowest BCUT2D eigenvalue weighted by Gasteiger charge is -2.18. The Labute approximate surface area is 108 Å². The molecule has 2 aromatic rings. The maximum atomic E-state index is 4.57. The van der Waals surface area contributed by atoms with Gasteiger partial charge >= 0.3 is 0 Å². The number of hydrogen-bond donors (Lipinski definition) is 1. The Balaban J connectivity index is 1.98. The minimum absolute atomic E-state index is 0.428. The van der Waals surface area contributed by atoms with Crippen LogP contribution in [0.5, 0.6) is 0 Å². The van der Waals surface area contributed by atoms with Gasteiger partial charge < -0.3 is 5.32 Å². The molecule has 1 aromatic carbocycles. The maximum Gasteiger partial charge on any atom is 0.0702 e. The molecule has 1 N–H and O–H groups in total. The molecule has 1 heterocycles. The van der Waals surface area contributed by atoms with Crippen LogP contribution in [0.3, 0.4) is 0 Å². The molecule has 18 heavy (non-hydrogen) atoms. The summed E-state index contributed by atoms with van der Waals surface area (Å²) in [6, 6.07) is 11.0. The third-order valence-electron chi connectivity index (χ3n) is 4.27. The van der Waals surface area contributed by atoms with Gasteiger partial charge in [0.15, 0.2) is 0 Å². The number of benzene rings is 1. The highest BCUT2D eigenvalue weighted by molar-refractivity contribution is 5.78. The van der Waals surface area contributed by atoms with E-state index >= 15 is 0 Å². The Bertz CT molecular complexity index is 574. The number of hydrogen-bond acceptors (Lipinski definition) is 2. The van der Waals surface area contributed by atoms with Crippen LogP contribution in [0.1, 0.15) is 31.9 Å². The van der Waals surface area contributed by atoms with Crippen LogP contribution >= 0.6 is 0 Å². The summed E-state index contributed by atoms with van der Waals surface area (Å²) in [4.78, 5) is 4.57. The summed E-state index contributed by atoms with van der Waals surface area (Å²) in [5, 5.41) is 4.69. The van der Waals surface area contributed by atoms with Crippen LogP contribution in [0.2, 0.25) is 0 Å². The number of nitrogens with zero attached hydrogens (tertiary/aromatic N) is 1. The largest absolute Gasteiger partial charge is 0.313 e. The van der Waals surface area contributed by atoms with Crippen molar-refractivity contribution in [2.24, 2.45) is 11.3 Å². The zero-order chi connectivity index (χ0) is 12.8. The Hall–Kier alpha value is -1.41. The van der Waals surface area contributed by atoms with Crippen LogP contribution in [0.4, 0.5) is 0 Å². The van der Waals surface area contributed by atoms with E-state index in [2.05, 4.69) is 48.4 Å². The summed E-state index contributed by atoms with van der Waals surface area (Å²) < 4.78 is 0. The van der Waals surface area contributed by atoms with Crippen molar-refractivity contribution >= 4 is 10.9 Å². The molecule has 2 heteroatoms. The third-order valence-corrected chi connectivity index (χ3v) is 4.27. The Morgan fingerprint density at radius 1 is 1.33 bits per heavy atom. The first kappa shape index (κ1) is 11.7. The molecule has 94 valence electrons. The predicted molar refractivity (Wildman–Crippen MR) is 75.4 cm³/mol. The van der Waals surface area contributed by atoms with Crippen molar-refractivity contribution in [1.82, 2.24) is 10.3 Å². The van der Waals surface area contributed by atoms with Crippen LogP contribution in [-0.2, 0) is 0 Å². The minimum atomic E-state index is 0.428. The number of nitrogens with one attached hydrogen (secondary N) is 1. The van der Waals surface area contributed by atoms with Gasteiger partial charge in [-0.2, -0.15) is 0 Å². The molecule has 0 saturated heterocycles. The first-order valence-electron chi connectivity index (χ1n) is 6.64. The molecule has 0 amide bonds. The monoisotopic (exact) mass is 240 g/mol. The lowest BCUT2D eigenvalue weighted by atomic mass is 9.97. The summed E-state index contributed by atoms with van der Waals surface area (Å²) >= 11 is 0. The summed E-state index contributed by atoms with van der Waals surface area (Å²) in [5.41, 5.74) is 2.86. The first-order chi connectivity index (χ1) is 8.62. The van der Waals surface area contributed by atoms with E-state index < -0.39 is 0 Å². The zero-order valence-electron chi connectivity index (χ0n) is 11.3. The molecular weight excluding hydrogens is 220 g/mol. The van der Waals surface area contributed by atoms with Crippen molar-refractivity contribution in [3.05, 3.63) is 42.1 Å². The third kappa shape index (κ3) is 1.91. The van der Waals surface area contributed by atoms with Gasteiger partial charge in [-0.3, -0.25) is 4.98 Å². The Morgan fingerprint density at radius 2 is 2.06 bits per heavy atom. The molecular formula is C16H20N2. The number of aromatic nitrogens is 1. The van der Waals surface area contributed by atoms with Crippen LogP contribution in [0.15, 0.2) is 36.5 Å². The van der Waals surface area contributed by atoms with Crippen LogP contribution < -0.4 is 5.32 Å². The highest BCUT2D eigenvalue weighted by atomic mass is 14.9. The quantitative estimate of drug-likeness (QED) is 0.887. The average Bonchev–Trinajstić information content (AvgIpc) is 2.99. The van der Waals surface area contributed by atoms with Gasteiger partial charge in [0.2, 0.25) is 0 Å². The van der Waals surface area contributed by atoms with Gasteiger partial charge in [-0.05, 0) is 42.5 Å². The van der Waals surface area contributed by atoms with Crippen LogP contribution in [-0.4, -0.2) is 12.0 Å². The summed E-state index contributed by atoms with van der Waals surface area (Å²) in [7, 11) is 2.05. The van der Waals surface area contributed by atoms with E-state index in [-0.39, 0.29) is 0 Å². The van der Waals surface area contributed by atoms with Crippen molar-refractivity contribution in [1.29, 1.82) is 0 Å². The maximum absolute atomic E-state index is 4.57. The normalized spacial score (nSPS) is 22.9. The molecule has 1 aliphatic carbocycles. The summed E-state index contributed by atoms with van der Waals surface area (Å²) in [5.74, 6) is 0.727. The molecule has 2 nitrogen and oxygen atoms in total. The minimum Gasteiger partial charge on any atom is -0.313 e. The second-order valence-corrected chi connectivity index (χ2v) is 6.03. The fourth-order valence-electron chi connectivity index (χ4n) is 2.94. The molecule has 0 radical (unpaired) electrons. The lowest BCUT2D eigenvalue weighted by Crippen LogP contribution is -2.20. The van der Waals surface area contributed by atoms with Crippen molar-refractivity contribution < 1.29 is 0 Å². The number of para-hydroxylation sites is 1. The van der Waals surface area contributed by atoms with Crippen molar-refractivity contribution in [3.8, 4) is 0 Å². The fourth-order valence-corrected chi connectivity index (χ4v) is 2.94. The second kappa shape index (κ2) is 4.06. The average molecular weight is 240 g/mol. The van der Waals surface area contributed by atoms with E-state index in [1.165, 1.54) is 17.4 Å². The zero-order valence-corrected chi connectivity index (χ0v) is 11.3. The molecule has 1 fully saturated rings. The van der Waals surface area contributed by atoms with Gasteiger partial charge in [0, 0.05) is 17.6 Å². The van der Waals surface area contributed by atoms with E-state index in [4.69, 9.17) is 0 Å².